The first-order valence-corrected chi connectivity index (χ1v) is 8.29. The Morgan fingerprint density at radius 1 is 1.29 bits per heavy atom. The van der Waals surface area contributed by atoms with Crippen molar-refractivity contribution in [2.24, 2.45) is 0 Å². The molecule has 0 unspecified atom stereocenters. The van der Waals surface area contributed by atoms with Crippen LogP contribution >= 0.6 is 11.3 Å². The maximum absolute atomic E-state index is 13.5. The molecule has 24 heavy (non-hydrogen) atoms. The molecule has 0 atom stereocenters. The van der Waals surface area contributed by atoms with Crippen molar-refractivity contribution >= 4 is 28.2 Å². The lowest BCUT2D eigenvalue weighted by Gasteiger charge is -2.25. The van der Waals surface area contributed by atoms with E-state index in [9.17, 15) is 18.4 Å². The van der Waals surface area contributed by atoms with Crippen LogP contribution in [0.3, 0.4) is 0 Å². The van der Waals surface area contributed by atoms with E-state index in [0.29, 0.717) is 35.9 Å². The SMILES string of the molecule is O=C1CCN(c2ncc(C(=O)NCc3ccc(F)cc3F)s2)CC1. The second kappa shape index (κ2) is 7.04. The van der Waals surface area contributed by atoms with E-state index in [4.69, 9.17) is 0 Å². The Balaban J connectivity index is 1.60. The number of hydrogen-bond acceptors (Lipinski definition) is 5. The van der Waals surface area contributed by atoms with Crippen LogP contribution in [0.5, 0.6) is 0 Å². The summed E-state index contributed by atoms with van der Waals surface area (Å²) in [5, 5.41) is 3.29. The van der Waals surface area contributed by atoms with Crippen LogP contribution in [0, 0.1) is 11.6 Å². The number of piperidine rings is 1. The highest BCUT2D eigenvalue weighted by Crippen LogP contribution is 2.24. The summed E-state index contributed by atoms with van der Waals surface area (Å²) in [6.07, 6.45) is 2.45. The monoisotopic (exact) mass is 351 g/mol. The van der Waals surface area contributed by atoms with Gasteiger partial charge >= 0.3 is 0 Å². The van der Waals surface area contributed by atoms with E-state index >= 15 is 0 Å². The second-order valence-corrected chi connectivity index (χ2v) is 6.46. The molecule has 1 fully saturated rings. The van der Waals surface area contributed by atoms with Gasteiger partial charge in [-0.3, -0.25) is 9.59 Å². The molecule has 1 aliphatic rings. The van der Waals surface area contributed by atoms with Gasteiger partial charge in [0.25, 0.3) is 5.91 Å². The number of carbonyl (C=O) groups excluding carboxylic acids is 2. The zero-order chi connectivity index (χ0) is 17.1. The fraction of sp³-hybridized carbons (Fsp3) is 0.312. The van der Waals surface area contributed by atoms with Gasteiger partial charge in [0.15, 0.2) is 5.13 Å². The molecule has 2 aromatic rings. The fourth-order valence-electron chi connectivity index (χ4n) is 2.39. The van der Waals surface area contributed by atoms with Gasteiger partial charge < -0.3 is 10.2 Å². The van der Waals surface area contributed by atoms with Crippen LogP contribution in [0.25, 0.3) is 0 Å². The van der Waals surface area contributed by atoms with E-state index < -0.39 is 11.6 Å². The summed E-state index contributed by atoms with van der Waals surface area (Å²) in [5.74, 6) is -1.48. The van der Waals surface area contributed by atoms with Crippen LogP contribution in [0.1, 0.15) is 28.1 Å². The van der Waals surface area contributed by atoms with Gasteiger partial charge in [0.05, 0.1) is 6.20 Å². The number of Topliss-reactive ketones (excluding diaryl/α,β-unsaturated/α-hetero) is 1. The second-order valence-electron chi connectivity index (χ2n) is 5.45. The molecule has 1 saturated heterocycles. The Bertz CT molecular complexity index is 768. The molecule has 1 aromatic heterocycles. The van der Waals surface area contributed by atoms with Crippen LogP contribution in [-0.2, 0) is 11.3 Å². The largest absolute Gasteiger partial charge is 0.347 e. The molecule has 126 valence electrons. The molecular weight excluding hydrogens is 336 g/mol. The Labute approximate surface area is 141 Å². The number of nitrogens with one attached hydrogen (secondary N) is 1. The molecule has 1 amide bonds. The molecule has 1 aliphatic heterocycles. The number of halogens is 2. The lowest BCUT2D eigenvalue weighted by Crippen LogP contribution is -2.33. The minimum atomic E-state index is -0.696. The number of aromatic nitrogens is 1. The fourth-order valence-corrected chi connectivity index (χ4v) is 3.28. The smallest absolute Gasteiger partial charge is 0.263 e. The first kappa shape index (κ1) is 16.5. The standard InChI is InChI=1S/C16H15F2N3O2S/c17-11-2-1-10(13(18)7-11)8-19-15(23)14-9-20-16(24-14)21-5-3-12(22)4-6-21/h1-2,7,9H,3-6,8H2,(H,19,23). The first-order chi connectivity index (χ1) is 11.5. The number of nitrogens with zero attached hydrogens (tertiary/aromatic N) is 2. The van der Waals surface area contributed by atoms with Crippen molar-refractivity contribution in [1.82, 2.24) is 10.3 Å². The normalized spacial score (nSPS) is 14.8. The van der Waals surface area contributed by atoms with Crippen molar-refractivity contribution in [3.8, 4) is 0 Å². The molecule has 1 aromatic carbocycles. The molecular formula is C16H15F2N3O2S. The summed E-state index contributed by atoms with van der Waals surface area (Å²) in [4.78, 5) is 30.0. The highest BCUT2D eigenvalue weighted by atomic mass is 32.1. The van der Waals surface area contributed by atoms with Gasteiger partial charge in [0, 0.05) is 44.1 Å². The Hall–Kier alpha value is -2.35. The van der Waals surface area contributed by atoms with Gasteiger partial charge in [-0.2, -0.15) is 0 Å². The number of hydrogen-bond donors (Lipinski definition) is 1. The molecule has 1 N–H and O–H groups in total. The van der Waals surface area contributed by atoms with Crippen LogP contribution in [0.15, 0.2) is 24.4 Å². The highest BCUT2D eigenvalue weighted by Gasteiger charge is 2.20. The summed E-state index contributed by atoms with van der Waals surface area (Å²) in [6.45, 7) is 1.18. The molecule has 0 saturated carbocycles. The minimum Gasteiger partial charge on any atom is -0.347 e. The van der Waals surface area contributed by atoms with Crippen LogP contribution in [0.2, 0.25) is 0 Å². The predicted molar refractivity (Wildman–Crippen MR) is 86.1 cm³/mol. The average Bonchev–Trinajstić information content (AvgIpc) is 3.04. The summed E-state index contributed by atoms with van der Waals surface area (Å²) in [5.41, 5.74) is 0.212. The number of rotatable bonds is 4. The molecule has 2 heterocycles. The summed E-state index contributed by atoms with van der Waals surface area (Å²) in [6, 6.07) is 3.23. The van der Waals surface area contributed by atoms with Crippen molar-refractivity contribution in [3.63, 3.8) is 0 Å². The Kier molecular flexibility index (Phi) is 4.84. The molecule has 8 heteroatoms. The van der Waals surface area contributed by atoms with Gasteiger partial charge in [0.2, 0.25) is 0 Å². The minimum absolute atomic E-state index is 0.0314. The molecule has 0 radical (unpaired) electrons. The average molecular weight is 351 g/mol. The Morgan fingerprint density at radius 3 is 2.75 bits per heavy atom. The highest BCUT2D eigenvalue weighted by molar-refractivity contribution is 7.17. The number of amides is 1. The third kappa shape index (κ3) is 3.76. The van der Waals surface area contributed by atoms with Crippen molar-refractivity contribution in [2.75, 3.05) is 18.0 Å². The molecule has 0 aliphatic carbocycles. The van der Waals surface area contributed by atoms with E-state index in [1.165, 1.54) is 23.6 Å². The lowest BCUT2D eigenvalue weighted by molar-refractivity contribution is -0.119. The van der Waals surface area contributed by atoms with Crippen molar-refractivity contribution in [2.45, 2.75) is 19.4 Å². The first-order valence-electron chi connectivity index (χ1n) is 7.47. The quantitative estimate of drug-likeness (QED) is 0.919. The van der Waals surface area contributed by atoms with Crippen LogP contribution < -0.4 is 10.2 Å². The van der Waals surface area contributed by atoms with E-state index in [1.807, 2.05) is 4.90 Å². The predicted octanol–water partition coefficient (Wildman–Crippen LogP) is 2.52. The maximum atomic E-state index is 13.5. The van der Waals surface area contributed by atoms with Gasteiger partial charge in [0.1, 0.15) is 22.3 Å². The van der Waals surface area contributed by atoms with Crippen LogP contribution in [-0.4, -0.2) is 29.8 Å². The summed E-state index contributed by atoms with van der Waals surface area (Å²) >= 11 is 1.23. The zero-order valence-electron chi connectivity index (χ0n) is 12.7. The van der Waals surface area contributed by atoms with Crippen molar-refractivity contribution in [1.29, 1.82) is 0 Å². The third-order valence-corrected chi connectivity index (χ3v) is 4.82. The number of anilines is 1. The Morgan fingerprint density at radius 2 is 2.04 bits per heavy atom. The number of ketones is 1. The van der Waals surface area contributed by atoms with Crippen molar-refractivity contribution in [3.05, 3.63) is 46.5 Å². The van der Waals surface area contributed by atoms with E-state index in [2.05, 4.69) is 10.3 Å². The van der Waals surface area contributed by atoms with Crippen molar-refractivity contribution < 1.29 is 18.4 Å². The summed E-state index contributed by atoms with van der Waals surface area (Å²) < 4.78 is 26.4. The molecule has 5 nitrogen and oxygen atoms in total. The molecule has 0 bridgehead atoms. The summed E-state index contributed by atoms with van der Waals surface area (Å²) in [7, 11) is 0. The molecule has 3 rings (SSSR count). The van der Waals surface area contributed by atoms with Gasteiger partial charge in [-0.1, -0.05) is 17.4 Å². The lowest BCUT2D eigenvalue weighted by atomic mass is 10.1. The number of carbonyl (C=O) groups is 2. The maximum Gasteiger partial charge on any atom is 0.263 e. The van der Waals surface area contributed by atoms with Crippen LogP contribution in [0.4, 0.5) is 13.9 Å². The van der Waals surface area contributed by atoms with Gasteiger partial charge in [-0.05, 0) is 6.07 Å². The van der Waals surface area contributed by atoms with E-state index in [-0.39, 0.29) is 23.8 Å². The topological polar surface area (TPSA) is 62.3 Å². The van der Waals surface area contributed by atoms with Gasteiger partial charge in [-0.25, -0.2) is 13.8 Å². The van der Waals surface area contributed by atoms with E-state index in [1.54, 1.807) is 0 Å². The third-order valence-electron chi connectivity index (χ3n) is 3.76. The van der Waals surface area contributed by atoms with Gasteiger partial charge in [-0.15, -0.1) is 0 Å². The number of benzene rings is 1. The number of thiazole rings is 1. The van der Waals surface area contributed by atoms with E-state index in [0.717, 1.165) is 12.1 Å². The molecule has 0 spiro atoms. The zero-order valence-corrected chi connectivity index (χ0v) is 13.5.